The average molecular weight is 433 g/mol. The molecule has 4 aliphatic carbocycles. The SMILES string of the molecule is CC.COC1CC2C3CCC(CCCCC(C)C)C3(C)CCC2C2(C)CCC(C)CC12. The third-order valence-corrected chi connectivity index (χ3v) is 11.0. The molecule has 0 spiro atoms. The van der Waals surface area contributed by atoms with Gasteiger partial charge in [0, 0.05) is 7.11 Å². The van der Waals surface area contributed by atoms with Gasteiger partial charge in [-0.3, -0.25) is 0 Å². The summed E-state index contributed by atoms with van der Waals surface area (Å²) in [4.78, 5) is 0. The first kappa shape index (κ1) is 25.6. The molecule has 4 fully saturated rings. The van der Waals surface area contributed by atoms with E-state index in [0.717, 1.165) is 41.4 Å². The van der Waals surface area contributed by atoms with Crippen LogP contribution in [0, 0.1) is 52.3 Å². The van der Waals surface area contributed by atoms with Crippen molar-refractivity contribution in [1.82, 2.24) is 0 Å². The van der Waals surface area contributed by atoms with E-state index in [0.29, 0.717) is 16.9 Å². The number of fused-ring (bicyclic) bond motifs is 5. The number of ether oxygens (including phenoxy) is 1. The van der Waals surface area contributed by atoms with E-state index in [1.807, 2.05) is 21.0 Å². The van der Waals surface area contributed by atoms with Crippen LogP contribution in [0.5, 0.6) is 0 Å². The molecule has 4 saturated carbocycles. The molecule has 0 bridgehead atoms. The highest BCUT2D eigenvalue weighted by Gasteiger charge is 2.61. The van der Waals surface area contributed by atoms with Gasteiger partial charge in [0.1, 0.15) is 0 Å². The van der Waals surface area contributed by atoms with E-state index in [2.05, 4.69) is 34.6 Å². The van der Waals surface area contributed by atoms with Gasteiger partial charge < -0.3 is 4.74 Å². The zero-order valence-electron chi connectivity index (χ0n) is 22.5. The number of hydrogen-bond donors (Lipinski definition) is 0. The predicted octanol–water partition coefficient (Wildman–Crippen LogP) is 9.15. The van der Waals surface area contributed by atoms with Crippen LogP contribution in [0.15, 0.2) is 0 Å². The molecule has 0 aromatic carbocycles. The van der Waals surface area contributed by atoms with Crippen LogP contribution in [0.2, 0.25) is 0 Å². The molecular weight excluding hydrogens is 376 g/mol. The van der Waals surface area contributed by atoms with Crippen LogP contribution in [0.3, 0.4) is 0 Å². The largest absolute Gasteiger partial charge is 0.381 e. The van der Waals surface area contributed by atoms with Crippen LogP contribution < -0.4 is 0 Å². The second-order valence-electron chi connectivity index (χ2n) is 12.9. The quantitative estimate of drug-likeness (QED) is 0.380. The lowest BCUT2D eigenvalue weighted by molar-refractivity contribution is -0.171. The third kappa shape index (κ3) is 4.79. The Balaban J connectivity index is 0.00000132. The van der Waals surface area contributed by atoms with E-state index < -0.39 is 0 Å². The summed E-state index contributed by atoms with van der Waals surface area (Å²) in [6.45, 7) is 16.6. The van der Waals surface area contributed by atoms with Gasteiger partial charge in [0.25, 0.3) is 0 Å². The molecule has 9 atom stereocenters. The first-order valence-corrected chi connectivity index (χ1v) is 14.3. The van der Waals surface area contributed by atoms with Crippen molar-refractivity contribution in [2.24, 2.45) is 52.3 Å². The smallest absolute Gasteiger partial charge is 0.0607 e. The molecule has 0 N–H and O–H groups in total. The van der Waals surface area contributed by atoms with Crippen LogP contribution >= 0.6 is 0 Å². The van der Waals surface area contributed by atoms with Crippen molar-refractivity contribution >= 4 is 0 Å². The second kappa shape index (κ2) is 10.5. The van der Waals surface area contributed by atoms with Crippen LogP contribution in [-0.4, -0.2) is 13.2 Å². The van der Waals surface area contributed by atoms with Crippen LogP contribution in [0.4, 0.5) is 0 Å². The van der Waals surface area contributed by atoms with Crippen LogP contribution in [0.1, 0.15) is 126 Å². The fourth-order valence-corrected chi connectivity index (χ4v) is 9.25. The summed E-state index contributed by atoms with van der Waals surface area (Å²) in [5.41, 5.74) is 1.18. The molecule has 0 aliphatic heterocycles. The van der Waals surface area contributed by atoms with Gasteiger partial charge >= 0.3 is 0 Å². The Morgan fingerprint density at radius 3 is 2.19 bits per heavy atom. The normalized spacial score (nSPS) is 46.5. The molecule has 1 heteroatoms. The minimum absolute atomic E-state index is 0.524. The maximum Gasteiger partial charge on any atom is 0.0607 e. The maximum absolute atomic E-state index is 6.23. The van der Waals surface area contributed by atoms with Gasteiger partial charge in [-0.25, -0.2) is 0 Å². The number of unbranched alkanes of at least 4 members (excludes halogenated alkanes) is 1. The highest BCUT2D eigenvalue weighted by atomic mass is 16.5. The summed E-state index contributed by atoms with van der Waals surface area (Å²) in [7, 11) is 2.01. The Morgan fingerprint density at radius 2 is 1.52 bits per heavy atom. The topological polar surface area (TPSA) is 9.23 Å². The van der Waals surface area contributed by atoms with Gasteiger partial charge in [0.05, 0.1) is 6.10 Å². The van der Waals surface area contributed by atoms with Crippen molar-refractivity contribution in [3.63, 3.8) is 0 Å². The van der Waals surface area contributed by atoms with E-state index in [1.165, 1.54) is 77.0 Å². The molecule has 0 aromatic heterocycles. The van der Waals surface area contributed by atoms with Crippen molar-refractivity contribution < 1.29 is 4.74 Å². The number of methoxy groups -OCH3 is 1. The second-order valence-corrected chi connectivity index (χ2v) is 12.9. The molecule has 0 saturated heterocycles. The standard InChI is InChI=1S/C28H50O.C2H6/c1-19(2)9-7-8-10-21-11-12-23-22-18-26(29-6)25-17-20(3)13-15-28(25,5)24(22)14-16-27(21,23)4;1-2/h19-26H,7-18H2,1-6H3;1-2H3. The summed E-state index contributed by atoms with van der Waals surface area (Å²) in [6.07, 6.45) is 18.1. The summed E-state index contributed by atoms with van der Waals surface area (Å²) < 4.78 is 6.23. The first-order valence-electron chi connectivity index (χ1n) is 14.3. The minimum atomic E-state index is 0.524. The Bertz CT molecular complexity index is 555. The lowest BCUT2D eigenvalue weighted by Crippen LogP contribution is -2.58. The highest BCUT2D eigenvalue weighted by Crippen LogP contribution is 2.68. The maximum atomic E-state index is 6.23. The lowest BCUT2D eigenvalue weighted by atomic mass is 9.43. The molecule has 4 aliphatic rings. The molecule has 9 unspecified atom stereocenters. The molecule has 0 heterocycles. The van der Waals surface area contributed by atoms with E-state index in [1.54, 1.807) is 0 Å². The van der Waals surface area contributed by atoms with E-state index >= 15 is 0 Å². The lowest BCUT2D eigenvalue weighted by Gasteiger charge is -2.62. The Morgan fingerprint density at radius 1 is 0.839 bits per heavy atom. The van der Waals surface area contributed by atoms with Gasteiger partial charge in [-0.15, -0.1) is 0 Å². The molecule has 182 valence electrons. The monoisotopic (exact) mass is 432 g/mol. The fraction of sp³-hybridized carbons (Fsp3) is 1.00. The number of hydrogen-bond acceptors (Lipinski definition) is 1. The van der Waals surface area contributed by atoms with Gasteiger partial charge in [-0.1, -0.05) is 74.1 Å². The Labute approximate surface area is 195 Å². The molecule has 4 rings (SSSR count). The predicted molar refractivity (Wildman–Crippen MR) is 135 cm³/mol. The van der Waals surface area contributed by atoms with E-state index in [-0.39, 0.29) is 0 Å². The van der Waals surface area contributed by atoms with Crippen LogP contribution in [-0.2, 0) is 4.74 Å². The van der Waals surface area contributed by atoms with Crippen molar-refractivity contribution in [2.45, 2.75) is 132 Å². The zero-order valence-corrected chi connectivity index (χ0v) is 22.5. The van der Waals surface area contributed by atoms with Crippen molar-refractivity contribution in [2.75, 3.05) is 7.11 Å². The molecule has 0 amide bonds. The molecule has 0 aromatic rings. The van der Waals surface area contributed by atoms with Crippen molar-refractivity contribution in [3.8, 4) is 0 Å². The van der Waals surface area contributed by atoms with Gasteiger partial charge in [-0.2, -0.15) is 0 Å². The molecule has 31 heavy (non-hydrogen) atoms. The summed E-state index contributed by atoms with van der Waals surface area (Å²) >= 11 is 0. The Kier molecular flexibility index (Phi) is 8.65. The molecule has 1 nitrogen and oxygen atoms in total. The van der Waals surface area contributed by atoms with Crippen molar-refractivity contribution in [3.05, 3.63) is 0 Å². The first-order chi connectivity index (χ1) is 14.8. The summed E-state index contributed by atoms with van der Waals surface area (Å²) in [5, 5.41) is 0. The Hall–Kier alpha value is -0.0400. The van der Waals surface area contributed by atoms with E-state index in [4.69, 9.17) is 4.74 Å². The molecular formula is C30H56O. The number of rotatable bonds is 6. The van der Waals surface area contributed by atoms with Gasteiger partial charge in [-0.05, 0) is 104 Å². The van der Waals surface area contributed by atoms with E-state index in [9.17, 15) is 0 Å². The van der Waals surface area contributed by atoms with Gasteiger partial charge in [0.15, 0.2) is 0 Å². The summed E-state index contributed by atoms with van der Waals surface area (Å²) in [6, 6.07) is 0. The minimum Gasteiger partial charge on any atom is -0.381 e. The zero-order chi connectivity index (χ0) is 22.8. The fourth-order valence-electron chi connectivity index (χ4n) is 9.25. The third-order valence-electron chi connectivity index (χ3n) is 11.0. The summed E-state index contributed by atoms with van der Waals surface area (Å²) in [5.74, 6) is 6.48. The van der Waals surface area contributed by atoms with Crippen molar-refractivity contribution in [1.29, 1.82) is 0 Å². The molecule has 0 radical (unpaired) electrons. The van der Waals surface area contributed by atoms with Crippen LogP contribution in [0.25, 0.3) is 0 Å². The van der Waals surface area contributed by atoms with Gasteiger partial charge in [0.2, 0.25) is 0 Å². The average Bonchev–Trinajstić information content (AvgIpc) is 3.09. The highest BCUT2D eigenvalue weighted by molar-refractivity contribution is 5.11.